The molecule has 0 saturated heterocycles. The number of ether oxygens (including phenoxy) is 1. The Morgan fingerprint density at radius 1 is 1.38 bits per heavy atom. The minimum absolute atomic E-state index is 0.105. The second-order valence-electron chi connectivity index (χ2n) is 2.50. The van der Waals surface area contributed by atoms with Gasteiger partial charge < -0.3 is 10.5 Å². The van der Waals surface area contributed by atoms with Gasteiger partial charge in [-0.1, -0.05) is 30.3 Å². The third kappa shape index (κ3) is 2.63. The lowest BCUT2D eigenvalue weighted by Crippen LogP contribution is -2.12. The highest BCUT2D eigenvalue weighted by atomic mass is 16.5. The number of hydrogen-bond donors (Lipinski definition) is 1. The molecule has 0 amide bonds. The second kappa shape index (κ2) is 4.30. The van der Waals surface area contributed by atoms with E-state index in [1.54, 1.807) is 6.08 Å². The van der Waals surface area contributed by atoms with Crippen molar-refractivity contribution in [3.63, 3.8) is 0 Å². The highest BCUT2D eigenvalue weighted by Gasteiger charge is 2.02. The summed E-state index contributed by atoms with van der Waals surface area (Å²) in [4.78, 5) is 10.9. The van der Waals surface area contributed by atoms with Gasteiger partial charge in [0.15, 0.2) is 0 Å². The van der Waals surface area contributed by atoms with E-state index < -0.39 is 5.97 Å². The average Bonchev–Trinajstić information content (AvgIpc) is 2.18. The van der Waals surface area contributed by atoms with Gasteiger partial charge in [0.1, 0.15) is 5.70 Å². The Morgan fingerprint density at radius 2 is 2.00 bits per heavy atom. The van der Waals surface area contributed by atoms with Gasteiger partial charge in [0.25, 0.3) is 0 Å². The molecule has 1 aromatic rings. The van der Waals surface area contributed by atoms with Gasteiger partial charge in [-0.3, -0.25) is 0 Å². The monoisotopic (exact) mass is 177 g/mol. The molecule has 0 aliphatic carbocycles. The molecule has 0 unspecified atom stereocenters. The molecular formula is C10H11NO2. The fraction of sp³-hybridized carbons (Fsp3) is 0.100. The maximum Gasteiger partial charge on any atom is 0.353 e. The Balaban J connectivity index is 2.83. The Hall–Kier alpha value is -1.77. The van der Waals surface area contributed by atoms with Crippen molar-refractivity contribution in [3.05, 3.63) is 41.6 Å². The van der Waals surface area contributed by atoms with Crippen molar-refractivity contribution in [1.82, 2.24) is 0 Å². The third-order valence-corrected chi connectivity index (χ3v) is 1.54. The number of esters is 1. The predicted molar refractivity (Wildman–Crippen MR) is 50.6 cm³/mol. The number of rotatable bonds is 2. The highest BCUT2D eigenvalue weighted by Crippen LogP contribution is 2.03. The molecule has 3 heteroatoms. The van der Waals surface area contributed by atoms with Crippen LogP contribution in [0.2, 0.25) is 0 Å². The first-order valence-corrected chi connectivity index (χ1v) is 3.84. The number of benzene rings is 1. The van der Waals surface area contributed by atoms with Crippen molar-refractivity contribution in [2.45, 2.75) is 0 Å². The van der Waals surface area contributed by atoms with Crippen LogP contribution in [0, 0.1) is 0 Å². The Morgan fingerprint density at radius 3 is 2.54 bits per heavy atom. The SMILES string of the molecule is COC(=O)/C(N)=C/c1ccccc1. The molecule has 0 spiro atoms. The van der Waals surface area contributed by atoms with E-state index in [4.69, 9.17) is 5.73 Å². The quantitative estimate of drug-likeness (QED) is 0.544. The summed E-state index contributed by atoms with van der Waals surface area (Å²) in [5, 5.41) is 0. The fourth-order valence-corrected chi connectivity index (χ4v) is 0.906. The largest absolute Gasteiger partial charge is 0.464 e. The molecule has 0 heterocycles. The molecule has 1 rings (SSSR count). The van der Waals surface area contributed by atoms with Gasteiger partial charge in [-0.2, -0.15) is 0 Å². The standard InChI is InChI=1S/C10H11NO2/c1-13-10(12)9(11)7-8-5-3-2-4-6-8/h2-7H,11H2,1H3/b9-7-. The molecule has 68 valence electrons. The van der Waals surface area contributed by atoms with E-state index >= 15 is 0 Å². The van der Waals surface area contributed by atoms with Gasteiger partial charge in [0, 0.05) is 0 Å². The van der Waals surface area contributed by atoms with Gasteiger partial charge in [0.05, 0.1) is 7.11 Å². The molecule has 0 saturated carbocycles. The molecule has 13 heavy (non-hydrogen) atoms. The van der Waals surface area contributed by atoms with Crippen molar-refractivity contribution in [2.24, 2.45) is 5.73 Å². The van der Waals surface area contributed by atoms with Crippen LogP contribution in [0.25, 0.3) is 6.08 Å². The van der Waals surface area contributed by atoms with E-state index in [-0.39, 0.29) is 5.70 Å². The van der Waals surface area contributed by atoms with Crippen molar-refractivity contribution in [1.29, 1.82) is 0 Å². The molecule has 2 N–H and O–H groups in total. The van der Waals surface area contributed by atoms with Crippen molar-refractivity contribution in [3.8, 4) is 0 Å². The van der Waals surface area contributed by atoms with E-state index in [0.717, 1.165) is 5.56 Å². The third-order valence-electron chi connectivity index (χ3n) is 1.54. The maximum atomic E-state index is 10.9. The first-order chi connectivity index (χ1) is 6.24. The lowest BCUT2D eigenvalue weighted by atomic mass is 10.2. The maximum absolute atomic E-state index is 10.9. The predicted octanol–water partition coefficient (Wildman–Crippen LogP) is 1.16. The number of nitrogens with two attached hydrogens (primary N) is 1. The summed E-state index contributed by atoms with van der Waals surface area (Å²) in [6.45, 7) is 0. The van der Waals surface area contributed by atoms with E-state index in [2.05, 4.69) is 4.74 Å². The molecule has 3 nitrogen and oxygen atoms in total. The molecule has 0 bridgehead atoms. The molecule has 0 atom stereocenters. The second-order valence-corrected chi connectivity index (χ2v) is 2.50. The summed E-state index contributed by atoms with van der Waals surface area (Å²) in [7, 11) is 1.30. The molecule has 0 aliphatic rings. The number of carbonyl (C=O) groups is 1. The van der Waals surface area contributed by atoms with Crippen molar-refractivity contribution < 1.29 is 9.53 Å². The van der Waals surface area contributed by atoms with E-state index in [9.17, 15) is 4.79 Å². The molecular weight excluding hydrogens is 166 g/mol. The van der Waals surface area contributed by atoms with Gasteiger partial charge in [-0.15, -0.1) is 0 Å². The number of hydrogen-bond acceptors (Lipinski definition) is 3. The molecule has 0 fully saturated rings. The summed E-state index contributed by atoms with van der Waals surface area (Å²) in [6.07, 6.45) is 1.58. The number of carbonyl (C=O) groups excluding carboxylic acids is 1. The Labute approximate surface area is 76.8 Å². The normalized spacial score (nSPS) is 11.0. The van der Waals surface area contributed by atoms with Crippen LogP contribution in [0.4, 0.5) is 0 Å². The Bertz CT molecular complexity index is 317. The molecule has 0 aromatic heterocycles. The van der Waals surface area contributed by atoms with Crippen LogP contribution in [-0.2, 0) is 9.53 Å². The van der Waals surface area contributed by atoms with Gasteiger partial charge in [0.2, 0.25) is 0 Å². The lowest BCUT2D eigenvalue weighted by molar-refractivity contribution is -0.136. The van der Waals surface area contributed by atoms with Crippen molar-refractivity contribution >= 4 is 12.0 Å². The van der Waals surface area contributed by atoms with Crippen LogP contribution in [0.1, 0.15) is 5.56 Å². The van der Waals surface area contributed by atoms with Crippen molar-refractivity contribution in [2.75, 3.05) is 7.11 Å². The first kappa shape index (κ1) is 9.32. The van der Waals surface area contributed by atoms with Crippen LogP contribution >= 0.6 is 0 Å². The fourth-order valence-electron chi connectivity index (χ4n) is 0.906. The van der Waals surface area contributed by atoms with Gasteiger partial charge in [-0.05, 0) is 11.6 Å². The smallest absolute Gasteiger partial charge is 0.353 e. The summed E-state index contributed by atoms with van der Waals surface area (Å²) < 4.78 is 4.45. The summed E-state index contributed by atoms with van der Waals surface area (Å²) in [5.74, 6) is -0.510. The Kier molecular flexibility index (Phi) is 3.09. The summed E-state index contributed by atoms with van der Waals surface area (Å²) in [6, 6.07) is 9.35. The topological polar surface area (TPSA) is 52.3 Å². The van der Waals surface area contributed by atoms with Crippen LogP contribution in [-0.4, -0.2) is 13.1 Å². The minimum atomic E-state index is -0.510. The summed E-state index contributed by atoms with van der Waals surface area (Å²) in [5.41, 5.74) is 6.43. The lowest BCUT2D eigenvalue weighted by Gasteiger charge is -1.98. The van der Waals surface area contributed by atoms with Crippen LogP contribution < -0.4 is 5.73 Å². The van der Waals surface area contributed by atoms with E-state index in [1.807, 2.05) is 30.3 Å². The zero-order valence-corrected chi connectivity index (χ0v) is 7.36. The van der Waals surface area contributed by atoms with Crippen LogP contribution in [0.15, 0.2) is 36.0 Å². The zero-order valence-electron chi connectivity index (χ0n) is 7.36. The summed E-state index contributed by atoms with van der Waals surface area (Å²) >= 11 is 0. The van der Waals surface area contributed by atoms with E-state index in [0.29, 0.717) is 0 Å². The van der Waals surface area contributed by atoms with Gasteiger partial charge in [-0.25, -0.2) is 4.79 Å². The highest BCUT2D eigenvalue weighted by molar-refractivity contribution is 5.92. The first-order valence-electron chi connectivity index (χ1n) is 3.84. The molecule has 1 aromatic carbocycles. The average molecular weight is 177 g/mol. The van der Waals surface area contributed by atoms with Gasteiger partial charge >= 0.3 is 5.97 Å². The zero-order chi connectivity index (χ0) is 9.68. The van der Waals surface area contributed by atoms with Crippen LogP contribution in [0.3, 0.4) is 0 Å². The number of methoxy groups -OCH3 is 1. The van der Waals surface area contributed by atoms with Crippen LogP contribution in [0.5, 0.6) is 0 Å². The molecule has 0 aliphatic heterocycles. The van der Waals surface area contributed by atoms with E-state index in [1.165, 1.54) is 7.11 Å². The minimum Gasteiger partial charge on any atom is -0.464 e. The molecule has 0 radical (unpaired) electrons.